The first-order valence-corrected chi connectivity index (χ1v) is 14.7. The number of hydrogen-bond donors (Lipinski definition) is 0. The van der Waals surface area contributed by atoms with E-state index in [0.717, 1.165) is 18.2 Å². The van der Waals surface area contributed by atoms with Gasteiger partial charge in [-0.25, -0.2) is 0 Å². The largest absolute Gasteiger partial charge is 0.280 e. The summed E-state index contributed by atoms with van der Waals surface area (Å²) in [6.07, 6.45) is 4.51. The molecular formula is C39H39N. The third-order valence-electron chi connectivity index (χ3n) is 7.84. The molecule has 1 heterocycles. The Morgan fingerprint density at radius 1 is 0.575 bits per heavy atom. The van der Waals surface area contributed by atoms with Crippen LogP contribution >= 0.6 is 0 Å². The Labute approximate surface area is 239 Å². The van der Waals surface area contributed by atoms with E-state index in [4.69, 9.17) is 4.99 Å². The van der Waals surface area contributed by atoms with E-state index < -0.39 is 0 Å². The molecule has 1 aliphatic heterocycles. The van der Waals surface area contributed by atoms with Gasteiger partial charge < -0.3 is 0 Å². The normalized spacial score (nSPS) is 15.9. The van der Waals surface area contributed by atoms with Crippen LogP contribution in [-0.2, 0) is 0 Å². The molecule has 0 saturated heterocycles. The van der Waals surface area contributed by atoms with Gasteiger partial charge in [0.1, 0.15) is 0 Å². The second-order valence-corrected chi connectivity index (χ2v) is 10.3. The van der Waals surface area contributed by atoms with Crippen molar-refractivity contribution in [1.29, 1.82) is 0 Å². The van der Waals surface area contributed by atoms with Crippen molar-refractivity contribution in [1.82, 2.24) is 0 Å². The zero-order valence-electron chi connectivity index (χ0n) is 24.1. The Hall–Kier alpha value is -4.23. The lowest BCUT2D eigenvalue weighted by atomic mass is 9.89. The van der Waals surface area contributed by atoms with E-state index in [1.54, 1.807) is 0 Å². The highest BCUT2D eigenvalue weighted by Gasteiger charge is 2.19. The minimum Gasteiger partial charge on any atom is -0.280 e. The summed E-state index contributed by atoms with van der Waals surface area (Å²) in [6, 6.07) is 44.0. The van der Waals surface area contributed by atoms with Crippen LogP contribution in [0.3, 0.4) is 0 Å². The van der Waals surface area contributed by atoms with Gasteiger partial charge in [0, 0.05) is 5.56 Å². The molecule has 5 aromatic carbocycles. The maximum Gasteiger partial charge on any atom is 0.0725 e. The topological polar surface area (TPSA) is 12.4 Å². The molecule has 0 radical (unpaired) electrons. The minimum atomic E-state index is 0.317. The van der Waals surface area contributed by atoms with Gasteiger partial charge >= 0.3 is 0 Å². The summed E-state index contributed by atoms with van der Waals surface area (Å²) in [7, 11) is 0. The van der Waals surface area contributed by atoms with Crippen LogP contribution in [0.4, 0.5) is 0 Å². The fourth-order valence-corrected chi connectivity index (χ4v) is 5.77. The number of benzene rings is 5. The zero-order chi connectivity index (χ0) is 27.9. The predicted octanol–water partition coefficient (Wildman–Crippen LogP) is 9.60. The molecule has 2 atom stereocenters. The van der Waals surface area contributed by atoms with Crippen molar-refractivity contribution in [2.75, 3.05) is 0 Å². The molecule has 2 unspecified atom stereocenters. The number of rotatable bonds is 5. The van der Waals surface area contributed by atoms with Gasteiger partial charge in [-0.2, -0.15) is 0 Å². The van der Waals surface area contributed by atoms with E-state index in [-0.39, 0.29) is 0 Å². The summed E-state index contributed by atoms with van der Waals surface area (Å²) in [5, 5.41) is 2.37. The van der Waals surface area contributed by atoms with E-state index in [1.165, 1.54) is 49.7 Å². The summed E-state index contributed by atoms with van der Waals surface area (Å²) in [5.74, 6) is 0.518. The highest BCUT2D eigenvalue weighted by molar-refractivity contribution is 5.88. The summed E-state index contributed by atoms with van der Waals surface area (Å²) in [5.41, 5.74) is 9.87. The molecule has 0 spiro atoms. The van der Waals surface area contributed by atoms with Crippen LogP contribution in [0.1, 0.15) is 40.5 Å². The Bertz CT molecular complexity index is 1680. The standard InChI is InChI=1S/C37H33N.C2H6/c1-3-36-26(2)22-23-29-24-30(33-20-11-10-18-31(33)27-14-6-4-7-15-27)25-35(37(29)38-36)34-21-13-12-19-32(34)28-16-8-5-9-17-28;1-2/h4-21,23-26,36H,3,22H2,1-2H3;1-2H3. The van der Waals surface area contributed by atoms with E-state index in [0.29, 0.717) is 12.0 Å². The highest BCUT2D eigenvalue weighted by atomic mass is 14.8. The molecule has 1 nitrogen and oxygen atoms in total. The molecule has 0 amide bonds. The molecule has 0 N–H and O–H groups in total. The molecular weight excluding hydrogens is 482 g/mol. The van der Waals surface area contributed by atoms with Gasteiger partial charge in [-0.3, -0.25) is 4.99 Å². The van der Waals surface area contributed by atoms with E-state index in [9.17, 15) is 0 Å². The number of fused-ring (bicyclic) bond motifs is 1. The average molecular weight is 522 g/mol. The van der Waals surface area contributed by atoms with Crippen LogP contribution in [0.2, 0.25) is 0 Å². The SMILES string of the molecule is CC.CCC1N=c2c(-c3ccccc3-c3ccccc3)cc(-c3ccccc3-c3ccccc3)cc2=CCC1C. The van der Waals surface area contributed by atoms with Crippen LogP contribution in [0, 0.1) is 5.92 Å². The molecule has 5 aromatic rings. The van der Waals surface area contributed by atoms with Crippen molar-refractivity contribution in [2.45, 2.75) is 46.6 Å². The summed E-state index contributed by atoms with van der Waals surface area (Å²) in [4.78, 5) is 5.43. The number of hydrogen-bond acceptors (Lipinski definition) is 1. The Balaban J connectivity index is 0.00000158. The maximum atomic E-state index is 5.43. The van der Waals surface area contributed by atoms with Gasteiger partial charge in [-0.1, -0.05) is 143 Å². The van der Waals surface area contributed by atoms with Gasteiger partial charge in [0.25, 0.3) is 0 Å². The minimum absolute atomic E-state index is 0.317. The second-order valence-electron chi connectivity index (χ2n) is 10.3. The maximum absolute atomic E-state index is 5.43. The molecule has 6 rings (SSSR count). The number of nitrogens with zero attached hydrogens (tertiary/aromatic N) is 1. The van der Waals surface area contributed by atoms with E-state index in [1.807, 2.05) is 13.8 Å². The third-order valence-corrected chi connectivity index (χ3v) is 7.84. The molecule has 200 valence electrons. The van der Waals surface area contributed by atoms with Crippen LogP contribution in [0.5, 0.6) is 0 Å². The van der Waals surface area contributed by atoms with Crippen LogP contribution in [0.15, 0.2) is 126 Å². The first-order valence-electron chi connectivity index (χ1n) is 14.7. The molecule has 40 heavy (non-hydrogen) atoms. The molecule has 0 aromatic heterocycles. The molecule has 0 fully saturated rings. The zero-order valence-corrected chi connectivity index (χ0v) is 24.1. The van der Waals surface area contributed by atoms with E-state index >= 15 is 0 Å². The van der Waals surface area contributed by atoms with E-state index in [2.05, 4.69) is 141 Å². The Morgan fingerprint density at radius 2 is 1.05 bits per heavy atom. The lowest BCUT2D eigenvalue weighted by molar-refractivity contribution is 0.455. The second kappa shape index (κ2) is 12.7. The van der Waals surface area contributed by atoms with Crippen LogP contribution < -0.4 is 10.6 Å². The van der Waals surface area contributed by atoms with Gasteiger partial charge in [-0.15, -0.1) is 0 Å². The quantitative estimate of drug-likeness (QED) is 0.218. The van der Waals surface area contributed by atoms with Gasteiger partial charge in [0.15, 0.2) is 0 Å². The molecule has 0 bridgehead atoms. The molecule has 1 heteroatoms. The van der Waals surface area contributed by atoms with Crippen LogP contribution in [0.25, 0.3) is 50.6 Å². The third kappa shape index (κ3) is 5.56. The van der Waals surface area contributed by atoms with Gasteiger partial charge in [0.2, 0.25) is 0 Å². The monoisotopic (exact) mass is 521 g/mol. The molecule has 0 saturated carbocycles. The first-order chi connectivity index (χ1) is 19.7. The van der Waals surface area contributed by atoms with Crippen LogP contribution in [-0.4, -0.2) is 6.04 Å². The first kappa shape index (κ1) is 27.3. The fraction of sp³-hybridized carbons (Fsp3) is 0.205. The van der Waals surface area contributed by atoms with Crippen molar-refractivity contribution < 1.29 is 0 Å². The fourth-order valence-electron chi connectivity index (χ4n) is 5.77. The Kier molecular flexibility index (Phi) is 8.71. The van der Waals surface area contributed by atoms with Crippen molar-refractivity contribution >= 4 is 6.08 Å². The Morgan fingerprint density at radius 3 is 1.60 bits per heavy atom. The van der Waals surface area contributed by atoms with Gasteiger partial charge in [-0.05, 0) is 75.1 Å². The van der Waals surface area contributed by atoms with Crippen molar-refractivity contribution in [3.63, 3.8) is 0 Å². The summed E-state index contributed by atoms with van der Waals surface area (Å²) in [6.45, 7) is 8.60. The lowest BCUT2D eigenvalue weighted by Crippen LogP contribution is -2.29. The average Bonchev–Trinajstić information content (AvgIpc) is 3.20. The van der Waals surface area contributed by atoms with Crippen molar-refractivity contribution in [2.24, 2.45) is 10.9 Å². The smallest absolute Gasteiger partial charge is 0.0725 e. The van der Waals surface area contributed by atoms with Crippen molar-refractivity contribution in [3.05, 3.63) is 132 Å². The van der Waals surface area contributed by atoms with Crippen molar-refractivity contribution in [3.8, 4) is 44.5 Å². The molecule has 0 aliphatic carbocycles. The summed E-state index contributed by atoms with van der Waals surface area (Å²) >= 11 is 0. The highest BCUT2D eigenvalue weighted by Crippen LogP contribution is 2.35. The lowest BCUT2D eigenvalue weighted by Gasteiger charge is -2.17. The molecule has 1 aliphatic rings. The predicted molar refractivity (Wildman–Crippen MR) is 173 cm³/mol. The van der Waals surface area contributed by atoms with Gasteiger partial charge in [0.05, 0.1) is 11.4 Å². The summed E-state index contributed by atoms with van der Waals surface area (Å²) < 4.78 is 0.